The van der Waals surface area contributed by atoms with Crippen molar-refractivity contribution in [3.05, 3.63) is 77.5 Å². The zero-order valence-electron chi connectivity index (χ0n) is 20.9. The van der Waals surface area contributed by atoms with Crippen LogP contribution in [0.15, 0.2) is 71.3 Å². The molecule has 1 aliphatic rings. The molecule has 1 heterocycles. The fourth-order valence-corrected chi connectivity index (χ4v) is 5.34. The van der Waals surface area contributed by atoms with E-state index in [1.807, 2.05) is 25.1 Å². The maximum absolute atomic E-state index is 13.9. The Kier molecular flexibility index (Phi) is 7.59. The summed E-state index contributed by atoms with van der Waals surface area (Å²) in [6.07, 6.45) is 0.860. The standard InChI is InChI=1S/C26H32N2O6S/c1-18-12-14-21(15-13-18)35(31,32)27(17-20-10-8-7-9-11-20)22-16-19(2)28(23(22)24(29)33-6)25(30)34-26(3,4)5/h7-16,19,23H,17H2,1-6H3/t19-,23-/m1/s1. The average Bonchev–Trinajstić information content (AvgIpc) is 3.13. The van der Waals surface area contributed by atoms with E-state index in [0.29, 0.717) is 0 Å². The maximum Gasteiger partial charge on any atom is 0.411 e. The Bertz CT molecular complexity index is 1200. The van der Waals surface area contributed by atoms with Gasteiger partial charge in [-0.3, -0.25) is 9.21 Å². The van der Waals surface area contributed by atoms with Crippen molar-refractivity contribution in [1.29, 1.82) is 0 Å². The number of carbonyl (C=O) groups is 2. The van der Waals surface area contributed by atoms with Crippen LogP contribution in [0.1, 0.15) is 38.8 Å². The average molecular weight is 501 g/mol. The molecule has 0 saturated heterocycles. The fraction of sp³-hybridized carbons (Fsp3) is 0.385. The number of ether oxygens (including phenoxy) is 2. The number of methoxy groups -OCH3 is 1. The molecule has 0 aliphatic carbocycles. The predicted octanol–water partition coefficient (Wildman–Crippen LogP) is 4.25. The second kappa shape index (κ2) is 10.1. The first kappa shape index (κ1) is 26.3. The van der Waals surface area contributed by atoms with Crippen LogP contribution in [0.3, 0.4) is 0 Å². The summed E-state index contributed by atoms with van der Waals surface area (Å²) in [7, 11) is -2.90. The number of sulfonamides is 1. The highest BCUT2D eigenvalue weighted by Crippen LogP contribution is 2.34. The fourth-order valence-electron chi connectivity index (χ4n) is 3.85. The van der Waals surface area contributed by atoms with E-state index in [1.165, 1.54) is 28.4 Å². The first-order valence-electron chi connectivity index (χ1n) is 11.3. The van der Waals surface area contributed by atoms with Crippen molar-refractivity contribution >= 4 is 22.1 Å². The van der Waals surface area contributed by atoms with E-state index in [9.17, 15) is 18.0 Å². The van der Waals surface area contributed by atoms with Crippen molar-refractivity contribution in [2.24, 2.45) is 0 Å². The summed E-state index contributed by atoms with van der Waals surface area (Å²) in [4.78, 5) is 27.4. The molecule has 0 unspecified atom stereocenters. The van der Waals surface area contributed by atoms with E-state index >= 15 is 0 Å². The molecular weight excluding hydrogens is 468 g/mol. The maximum atomic E-state index is 13.9. The SMILES string of the molecule is COC(=O)[C@H]1C(N(Cc2ccccc2)S(=O)(=O)c2ccc(C)cc2)=C[C@@H](C)N1C(=O)OC(C)(C)C. The smallest absolute Gasteiger partial charge is 0.411 e. The molecule has 2 aromatic rings. The van der Waals surface area contributed by atoms with Gasteiger partial charge < -0.3 is 9.47 Å². The number of nitrogens with zero attached hydrogens (tertiary/aromatic N) is 2. The Balaban J connectivity index is 2.13. The van der Waals surface area contributed by atoms with E-state index in [1.54, 1.807) is 58.0 Å². The Labute approximate surface area is 207 Å². The minimum atomic E-state index is -4.10. The third kappa shape index (κ3) is 5.85. The molecule has 1 amide bonds. The lowest BCUT2D eigenvalue weighted by Gasteiger charge is -2.33. The van der Waals surface area contributed by atoms with E-state index in [2.05, 4.69) is 0 Å². The van der Waals surface area contributed by atoms with Gasteiger partial charge in [0.1, 0.15) is 5.60 Å². The monoisotopic (exact) mass is 500 g/mol. The first-order valence-corrected chi connectivity index (χ1v) is 12.7. The van der Waals surface area contributed by atoms with Gasteiger partial charge in [0.2, 0.25) is 0 Å². The largest absolute Gasteiger partial charge is 0.467 e. The van der Waals surface area contributed by atoms with Gasteiger partial charge in [0.25, 0.3) is 10.0 Å². The van der Waals surface area contributed by atoms with Crippen LogP contribution >= 0.6 is 0 Å². The van der Waals surface area contributed by atoms with Crippen LogP contribution in [0.2, 0.25) is 0 Å². The first-order chi connectivity index (χ1) is 16.3. The molecule has 3 rings (SSSR count). The van der Waals surface area contributed by atoms with Crippen molar-refractivity contribution in [3.63, 3.8) is 0 Å². The molecule has 1 aliphatic heterocycles. The number of aryl methyl sites for hydroxylation is 1. The van der Waals surface area contributed by atoms with Gasteiger partial charge in [-0.1, -0.05) is 48.0 Å². The van der Waals surface area contributed by atoms with Crippen molar-refractivity contribution in [3.8, 4) is 0 Å². The number of carbonyl (C=O) groups excluding carboxylic acids is 2. The molecule has 2 aromatic carbocycles. The molecule has 0 spiro atoms. The van der Waals surface area contributed by atoms with Gasteiger partial charge in [-0.2, -0.15) is 0 Å². The van der Waals surface area contributed by atoms with Crippen molar-refractivity contribution < 1.29 is 27.5 Å². The molecule has 0 fully saturated rings. The molecule has 0 radical (unpaired) electrons. The zero-order chi connectivity index (χ0) is 26.0. The summed E-state index contributed by atoms with van der Waals surface area (Å²) >= 11 is 0. The molecule has 8 nitrogen and oxygen atoms in total. The van der Waals surface area contributed by atoms with Crippen molar-refractivity contribution in [2.75, 3.05) is 7.11 Å². The van der Waals surface area contributed by atoms with Crippen LogP contribution in [-0.4, -0.2) is 54.5 Å². The number of hydrogen-bond donors (Lipinski definition) is 0. The summed E-state index contributed by atoms with van der Waals surface area (Å²) in [5.74, 6) is -0.761. The Hall–Kier alpha value is -3.33. The zero-order valence-corrected chi connectivity index (χ0v) is 21.7. The van der Waals surface area contributed by atoms with Gasteiger partial charge in [-0.15, -0.1) is 0 Å². The lowest BCUT2D eigenvalue weighted by Crippen LogP contribution is -2.50. The van der Waals surface area contributed by atoms with E-state index in [-0.39, 0.29) is 17.1 Å². The Morgan fingerprint density at radius 3 is 2.17 bits per heavy atom. The highest BCUT2D eigenvalue weighted by atomic mass is 32.2. The van der Waals surface area contributed by atoms with Gasteiger partial charge in [-0.25, -0.2) is 18.0 Å². The van der Waals surface area contributed by atoms with Gasteiger partial charge in [0.15, 0.2) is 6.04 Å². The Morgan fingerprint density at radius 1 is 1.03 bits per heavy atom. The van der Waals surface area contributed by atoms with Crippen LogP contribution < -0.4 is 0 Å². The normalized spacial score (nSPS) is 18.1. The molecule has 0 bridgehead atoms. The van der Waals surface area contributed by atoms with Crippen LogP contribution in [0.5, 0.6) is 0 Å². The number of benzene rings is 2. The van der Waals surface area contributed by atoms with Gasteiger partial charge in [0.05, 0.1) is 30.3 Å². The molecular formula is C26H32N2O6S. The van der Waals surface area contributed by atoms with Crippen molar-refractivity contribution in [2.45, 2.75) is 63.7 Å². The molecule has 2 atom stereocenters. The van der Waals surface area contributed by atoms with Crippen LogP contribution in [0.4, 0.5) is 4.79 Å². The number of esters is 1. The number of hydrogen-bond acceptors (Lipinski definition) is 6. The van der Waals surface area contributed by atoms with E-state index in [4.69, 9.17) is 9.47 Å². The van der Waals surface area contributed by atoms with Crippen molar-refractivity contribution in [1.82, 2.24) is 9.21 Å². The highest BCUT2D eigenvalue weighted by molar-refractivity contribution is 7.89. The van der Waals surface area contributed by atoms with Crippen LogP contribution in [0.25, 0.3) is 0 Å². The molecule has 9 heteroatoms. The minimum absolute atomic E-state index is 0.0365. The number of rotatable bonds is 6. The van der Waals surface area contributed by atoms with E-state index < -0.39 is 39.8 Å². The van der Waals surface area contributed by atoms with Crippen LogP contribution in [-0.2, 0) is 30.8 Å². The highest BCUT2D eigenvalue weighted by Gasteiger charge is 2.47. The van der Waals surface area contributed by atoms with Gasteiger partial charge in [0, 0.05) is 0 Å². The lowest BCUT2D eigenvalue weighted by atomic mass is 10.2. The van der Waals surface area contributed by atoms with Gasteiger partial charge >= 0.3 is 12.1 Å². The quantitative estimate of drug-likeness (QED) is 0.551. The number of amides is 1. The lowest BCUT2D eigenvalue weighted by molar-refractivity contribution is -0.145. The summed E-state index contributed by atoms with van der Waals surface area (Å²) in [5.41, 5.74) is 0.962. The minimum Gasteiger partial charge on any atom is -0.467 e. The third-order valence-electron chi connectivity index (χ3n) is 5.50. The van der Waals surface area contributed by atoms with Crippen LogP contribution in [0, 0.1) is 6.92 Å². The molecule has 0 N–H and O–H groups in total. The second-order valence-corrected chi connectivity index (χ2v) is 11.3. The second-order valence-electron chi connectivity index (χ2n) is 9.46. The molecule has 35 heavy (non-hydrogen) atoms. The molecule has 188 valence electrons. The third-order valence-corrected chi connectivity index (χ3v) is 7.29. The predicted molar refractivity (Wildman–Crippen MR) is 132 cm³/mol. The molecule has 0 saturated carbocycles. The van der Waals surface area contributed by atoms with Gasteiger partial charge in [-0.05, 0) is 58.4 Å². The summed E-state index contributed by atoms with van der Waals surface area (Å²) in [6, 6.07) is 13.6. The van der Waals surface area contributed by atoms with E-state index in [0.717, 1.165) is 11.1 Å². The summed E-state index contributed by atoms with van der Waals surface area (Å²) < 4.78 is 39.5. The summed E-state index contributed by atoms with van der Waals surface area (Å²) in [5, 5.41) is 0. The topological polar surface area (TPSA) is 93.2 Å². The molecule has 0 aromatic heterocycles. The Morgan fingerprint density at radius 2 is 1.63 bits per heavy atom. The summed E-state index contributed by atoms with van der Waals surface area (Å²) in [6.45, 7) is 8.69.